The molecule has 28 heavy (non-hydrogen) atoms. The average molecular weight is 390 g/mol. The summed E-state index contributed by atoms with van der Waals surface area (Å²) in [6.45, 7) is 22.8. The van der Waals surface area contributed by atoms with Gasteiger partial charge < -0.3 is 20.0 Å². The molecule has 0 bridgehead atoms. The van der Waals surface area contributed by atoms with E-state index < -0.39 is 0 Å². The minimum atomic E-state index is 1.04. The highest BCUT2D eigenvalue weighted by Crippen LogP contribution is 2.05. The molecule has 1 aromatic rings. The van der Waals surface area contributed by atoms with E-state index in [1.54, 1.807) is 0 Å². The Morgan fingerprint density at radius 2 is 1.04 bits per heavy atom. The SMILES string of the molecule is CCN1CCNCCN(Cc2ccccc2)CCN(CC)CCN(CC)CC1. The van der Waals surface area contributed by atoms with Gasteiger partial charge in [0.2, 0.25) is 0 Å². The molecule has 1 aliphatic heterocycles. The van der Waals surface area contributed by atoms with Crippen molar-refractivity contribution in [3.63, 3.8) is 0 Å². The van der Waals surface area contributed by atoms with Crippen LogP contribution in [-0.2, 0) is 6.54 Å². The van der Waals surface area contributed by atoms with Crippen LogP contribution in [0.1, 0.15) is 26.3 Å². The quantitative estimate of drug-likeness (QED) is 0.831. The fourth-order valence-electron chi connectivity index (χ4n) is 3.84. The molecular weight excluding hydrogens is 346 g/mol. The number of hydrogen-bond acceptors (Lipinski definition) is 5. The third-order valence-corrected chi connectivity index (χ3v) is 6.00. The number of nitrogens with one attached hydrogen (secondary N) is 1. The predicted molar refractivity (Wildman–Crippen MR) is 121 cm³/mol. The van der Waals surface area contributed by atoms with Gasteiger partial charge in [0.05, 0.1) is 0 Å². The summed E-state index contributed by atoms with van der Waals surface area (Å²) in [5.74, 6) is 0. The van der Waals surface area contributed by atoms with Crippen molar-refractivity contribution in [2.75, 3.05) is 85.1 Å². The monoisotopic (exact) mass is 389 g/mol. The van der Waals surface area contributed by atoms with Crippen LogP contribution < -0.4 is 5.32 Å². The zero-order chi connectivity index (χ0) is 20.0. The number of benzene rings is 1. The molecule has 1 aliphatic rings. The second-order valence-electron chi connectivity index (χ2n) is 7.81. The number of likely N-dealkylation sites (N-methyl/N-ethyl adjacent to an activating group) is 3. The average Bonchev–Trinajstić information content (AvgIpc) is 2.74. The van der Waals surface area contributed by atoms with E-state index in [1.165, 1.54) is 31.7 Å². The third kappa shape index (κ3) is 9.01. The third-order valence-electron chi connectivity index (χ3n) is 6.00. The maximum Gasteiger partial charge on any atom is 0.0234 e. The zero-order valence-electron chi connectivity index (χ0n) is 18.6. The molecule has 0 spiro atoms. The van der Waals surface area contributed by atoms with Gasteiger partial charge >= 0.3 is 0 Å². The molecule has 1 aromatic carbocycles. The van der Waals surface area contributed by atoms with Gasteiger partial charge in [-0.05, 0) is 25.2 Å². The number of nitrogens with zero attached hydrogens (tertiary/aromatic N) is 4. The topological polar surface area (TPSA) is 25.0 Å². The van der Waals surface area contributed by atoms with Gasteiger partial charge in [0.25, 0.3) is 0 Å². The van der Waals surface area contributed by atoms with Crippen LogP contribution in [0, 0.1) is 0 Å². The van der Waals surface area contributed by atoms with E-state index in [0.717, 1.165) is 65.4 Å². The number of hydrogen-bond donors (Lipinski definition) is 1. The second-order valence-corrected chi connectivity index (χ2v) is 7.81. The normalized spacial score (nSPS) is 21.2. The minimum Gasteiger partial charge on any atom is -0.314 e. The Kier molecular flexibility index (Phi) is 11.7. The molecule has 0 radical (unpaired) electrons. The van der Waals surface area contributed by atoms with Gasteiger partial charge in [0.15, 0.2) is 0 Å². The highest BCUT2D eigenvalue weighted by molar-refractivity contribution is 5.14. The summed E-state index contributed by atoms with van der Waals surface area (Å²) >= 11 is 0. The lowest BCUT2D eigenvalue weighted by atomic mass is 10.2. The molecule has 0 amide bonds. The van der Waals surface area contributed by atoms with Crippen molar-refractivity contribution in [2.24, 2.45) is 0 Å². The van der Waals surface area contributed by atoms with Crippen LogP contribution in [0.15, 0.2) is 30.3 Å². The first-order valence-corrected chi connectivity index (χ1v) is 11.4. The van der Waals surface area contributed by atoms with Crippen LogP contribution in [-0.4, -0.2) is 105 Å². The van der Waals surface area contributed by atoms with Crippen LogP contribution >= 0.6 is 0 Å². The molecule has 1 heterocycles. The van der Waals surface area contributed by atoms with Crippen molar-refractivity contribution >= 4 is 0 Å². The van der Waals surface area contributed by atoms with Crippen LogP contribution in [0.2, 0.25) is 0 Å². The summed E-state index contributed by atoms with van der Waals surface area (Å²) in [5, 5.41) is 3.67. The summed E-state index contributed by atoms with van der Waals surface area (Å²) in [6.07, 6.45) is 0. The molecule has 0 aromatic heterocycles. The van der Waals surface area contributed by atoms with Crippen molar-refractivity contribution in [1.82, 2.24) is 24.9 Å². The summed E-state index contributed by atoms with van der Waals surface area (Å²) in [7, 11) is 0. The lowest BCUT2D eigenvalue weighted by molar-refractivity contribution is 0.172. The van der Waals surface area contributed by atoms with E-state index in [1.807, 2.05) is 0 Å². The maximum atomic E-state index is 3.67. The Bertz CT molecular complexity index is 495. The van der Waals surface area contributed by atoms with Crippen molar-refractivity contribution in [2.45, 2.75) is 27.3 Å². The molecule has 2 rings (SSSR count). The molecule has 0 unspecified atom stereocenters. The van der Waals surface area contributed by atoms with Gasteiger partial charge in [-0.15, -0.1) is 0 Å². The Morgan fingerprint density at radius 1 is 0.607 bits per heavy atom. The molecule has 0 saturated carbocycles. The predicted octanol–water partition coefficient (Wildman–Crippen LogP) is 2.06. The van der Waals surface area contributed by atoms with E-state index >= 15 is 0 Å². The van der Waals surface area contributed by atoms with Crippen LogP contribution in [0.3, 0.4) is 0 Å². The van der Waals surface area contributed by atoms with E-state index in [9.17, 15) is 0 Å². The standard InChI is InChI=1S/C23H43N5/c1-4-25-14-12-24-13-15-28(22-23-10-8-7-9-11-23)21-20-27(6-3)19-18-26(5-2)17-16-25/h7-11,24H,4-6,12-22H2,1-3H3. The number of rotatable bonds is 5. The second kappa shape index (κ2) is 14.1. The van der Waals surface area contributed by atoms with Crippen molar-refractivity contribution in [3.8, 4) is 0 Å². The lowest BCUT2D eigenvalue weighted by Crippen LogP contribution is -2.42. The first kappa shape index (κ1) is 23.3. The molecule has 5 nitrogen and oxygen atoms in total. The van der Waals surface area contributed by atoms with Gasteiger partial charge in [0, 0.05) is 72.0 Å². The zero-order valence-corrected chi connectivity index (χ0v) is 18.6. The Balaban J connectivity index is 1.97. The van der Waals surface area contributed by atoms with Gasteiger partial charge in [-0.3, -0.25) is 4.90 Å². The Labute approximate surface area is 173 Å². The van der Waals surface area contributed by atoms with E-state index in [4.69, 9.17) is 0 Å². The molecule has 0 aliphatic carbocycles. The first-order valence-electron chi connectivity index (χ1n) is 11.4. The molecule has 1 N–H and O–H groups in total. The summed E-state index contributed by atoms with van der Waals surface area (Å²) < 4.78 is 0. The van der Waals surface area contributed by atoms with Crippen molar-refractivity contribution in [1.29, 1.82) is 0 Å². The summed E-state index contributed by atoms with van der Waals surface area (Å²) in [6, 6.07) is 10.9. The Hall–Kier alpha value is -0.980. The Morgan fingerprint density at radius 3 is 1.54 bits per heavy atom. The first-order chi connectivity index (χ1) is 13.7. The summed E-state index contributed by atoms with van der Waals surface area (Å²) in [4.78, 5) is 10.4. The van der Waals surface area contributed by atoms with E-state index in [0.29, 0.717) is 0 Å². The molecule has 0 atom stereocenters. The summed E-state index contributed by atoms with van der Waals surface area (Å²) in [5.41, 5.74) is 1.41. The van der Waals surface area contributed by atoms with Gasteiger partial charge in [0.1, 0.15) is 0 Å². The molecule has 1 saturated heterocycles. The minimum absolute atomic E-state index is 1.04. The maximum absolute atomic E-state index is 3.67. The highest BCUT2D eigenvalue weighted by Gasteiger charge is 2.12. The van der Waals surface area contributed by atoms with Crippen LogP contribution in [0.25, 0.3) is 0 Å². The van der Waals surface area contributed by atoms with Gasteiger partial charge in [-0.25, -0.2) is 0 Å². The smallest absolute Gasteiger partial charge is 0.0234 e. The van der Waals surface area contributed by atoms with Gasteiger partial charge in [-0.1, -0.05) is 51.1 Å². The fourth-order valence-corrected chi connectivity index (χ4v) is 3.84. The highest BCUT2D eigenvalue weighted by atomic mass is 15.2. The van der Waals surface area contributed by atoms with E-state index in [2.05, 4.69) is 76.0 Å². The molecule has 5 heteroatoms. The van der Waals surface area contributed by atoms with Crippen LogP contribution in [0.5, 0.6) is 0 Å². The van der Waals surface area contributed by atoms with Crippen molar-refractivity contribution in [3.05, 3.63) is 35.9 Å². The molecule has 1 fully saturated rings. The largest absolute Gasteiger partial charge is 0.314 e. The van der Waals surface area contributed by atoms with Crippen LogP contribution in [0.4, 0.5) is 0 Å². The fraction of sp³-hybridized carbons (Fsp3) is 0.739. The van der Waals surface area contributed by atoms with Crippen molar-refractivity contribution < 1.29 is 0 Å². The molecule has 160 valence electrons. The van der Waals surface area contributed by atoms with Gasteiger partial charge in [-0.2, -0.15) is 0 Å². The van der Waals surface area contributed by atoms with E-state index in [-0.39, 0.29) is 0 Å². The lowest BCUT2D eigenvalue weighted by Gasteiger charge is -2.29. The molecular formula is C23H43N5.